The second-order valence-corrected chi connectivity index (χ2v) is 7.88. The van der Waals surface area contributed by atoms with E-state index in [0.717, 1.165) is 37.5 Å². The first-order valence-electron chi connectivity index (χ1n) is 10.6. The molecule has 0 radical (unpaired) electrons. The van der Waals surface area contributed by atoms with Crippen LogP contribution >= 0.6 is 24.0 Å². The molecule has 2 aromatic rings. The zero-order chi connectivity index (χ0) is 21.3. The van der Waals surface area contributed by atoms with Gasteiger partial charge in [-0.05, 0) is 43.0 Å². The van der Waals surface area contributed by atoms with Crippen molar-refractivity contribution in [3.05, 3.63) is 71.3 Å². The zero-order valence-corrected chi connectivity index (χ0v) is 20.9. The maximum absolute atomic E-state index is 11.8. The first-order valence-corrected chi connectivity index (χ1v) is 10.6. The summed E-state index contributed by atoms with van der Waals surface area (Å²) in [6.45, 7) is 4.99. The van der Waals surface area contributed by atoms with Crippen molar-refractivity contribution in [1.82, 2.24) is 20.9 Å². The van der Waals surface area contributed by atoms with Crippen molar-refractivity contribution < 1.29 is 4.79 Å². The number of hydrogen-bond acceptors (Lipinski definition) is 3. The van der Waals surface area contributed by atoms with Crippen LogP contribution in [0, 0.1) is 0 Å². The summed E-state index contributed by atoms with van der Waals surface area (Å²) in [5.41, 5.74) is 3.08. The van der Waals surface area contributed by atoms with Gasteiger partial charge >= 0.3 is 0 Å². The number of aliphatic imine (C=N–C) groups is 1. The molecule has 0 bridgehead atoms. The van der Waals surface area contributed by atoms with Gasteiger partial charge in [-0.1, -0.05) is 42.5 Å². The van der Waals surface area contributed by atoms with E-state index in [4.69, 9.17) is 0 Å². The zero-order valence-electron chi connectivity index (χ0n) is 18.6. The Bertz CT molecular complexity index is 858. The molecule has 0 aliphatic carbocycles. The van der Waals surface area contributed by atoms with Gasteiger partial charge in [0.1, 0.15) is 0 Å². The van der Waals surface area contributed by atoms with Gasteiger partial charge in [-0.15, -0.1) is 24.0 Å². The van der Waals surface area contributed by atoms with E-state index in [1.807, 2.05) is 24.3 Å². The van der Waals surface area contributed by atoms with Gasteiger partial charge in [0.15, 0.2) is 5.96 Å². The molecule has 31 heavy (non-hydrogen) atoms. The van der Waals surface area contributed by atoms with E-state index in [1.165, 1.54) is 5.56 Å². The number of piperidine rings is 1. The number of nitrogens with zero attached hydrogens (tertiary/aromatic N) is 2. The highest BCUT2D eigenvalue weighted by atomic mass is 127. The van der Waals surface area contributed by atoms with Crippen molar-refractivity contribution in [2.45, 2.75) is 44.9 Å². The lowest BCUT2D eigenvalue weighted by atomic mass is 9.97. The number of guanidine groups is 1. The molecule has 2 unspecified atom stereocenters. The quantitative estimate of drug-likeness (QED) is 0.302. The van der Waals surface area contributed by atoms with Gasteiger partial charge in [-0.3, -0.25) is 14.7 Å². The lowest BCUT2D eigenvalue weighted by Gasteiger charge is -2.38. The van der Waals surface area contributed by atoms with E-state index >= 15 is 0 Å². The maximum atomic E-state index is 11.8. The molecule has 6 nitrogen and oxygen atoms in total. The van der Waals surface area contributed by atoms with E-state index in [0.29, 0.717) is 24.2 Å². The summed E-state index contributed by atoms with van der Waals surface area (Å²) in [4.78, 5) is 18.8. The molecule has 0 spiro atoms. The topological polar surface area (TPSA) is 68.8 Å². The van der Waals surface area contributed by atoms with Crippen LogP contribution < -0.4 is 16.0 Å². The normalized spacial score (nSPS) is 19.3. The van der Waals surface area contributed by atoms with Crippen molar-refractivity contribution in [2.75, 3.05) is 20.6 Å². The largest absolute Gasteiger partial charge is 0.355 e. The van der Waals surface area contributed by atoms with Crippen LogP contribution in [0.15, 0.2) is 59.6 Å². The highest BCUT2D eigenvalue weighted by Gasteiger charge is 2.25. The molecule has 2 atom stereocenters. The molecule has 1 amide bonds. The summed E-state index contributed by atoms with van der Waals surface area (Å²) in [5.74, 6) is 0.727. The minimum atomic E-state index is -0.0735. The molecule has 1 aliphatic heterocycles. The summed E-state index contributed by atoms with van der Waals surface area (Å²) in [6.07, 6.45) is 2.17. The van der Waals surface area contributed by atoms with Crippen LogP contribution in [0.3, 0.4) is 0 Å². The third-order valence-corrected chi connectivity index (χ3v) is 5.68. The standard InChI is InChI=1S/C24H33N5O.HI/c1-18-14-22(12-13-29(18)17-19-8-5-4-6-9-19)28-24(26-3)27-16-20-10-7-11-21(15-20)23(30)25-2;/h4-11,15,18,22H,12-14,16-17H2,1-3H3,(H,25,30)(H2,26,27,28);1H. The van der Waals surface area contributed by atoms with E-state index in [-0.39, 0.29) is 29.9 Å². The Balaban J connectivity index is 0.00000341. The molecule has 1 fully saturated rings. The summed E-state index contributed by atoms with van der Waals surface area (Å²) >= 11 is 0. The predicted octanol–water partition coefficient (Wildman–Crippen LogP) is 3.38. The van der Waals surface area contributed by atoms with Gasteiger partial charge in [-0.25, -0.2) is 0 Å². The van der Waals surface area contributed by atoms with Gasteiger partial charge in [-0.2, -0.15) is 0 Å². The van der Waals surface area contributed by atoms with Crippen LogP contribution in [-0.2, 0) is 13.1 Å². The maximum Gasteiger partial charge on any atom is 0.251 e. The number of rotatable bonds is 6. The molecule has 1 heterocycles. The van der Waals surface area contributed by atoms with Crippen molar-refractivity contribution in [3.8, 4) is 0 Å². The van der Waals surface area contributed by atoms with Gasteiger partial charge in [0, 0.05) is 51.4 Å². The monoisotopic (exact) mass is 535 g/mol. The van der Waals surface area contributed by atoms with Crippen LogP contribution in [-0.4, -0.2) is 49.5 Å². The second-order valence-electron chi connectivity index (χ2n) is 7.88. The summed E-state index contributed by atoms with van der Waals surface area (Å²) in [5, 5.41) is 9.61. The fourth-order valence-electron chi connectivity index (χ4n) is 3.95. The molecule has 3 N–H and O–H groups in total. The lowest BCUT2D eigenvalue weighted by molar-refractivity contribution is 0.0963. The summed E-state index contributed by atoms with van der Waals surface area (Å²) in [7, 11) is 3.44. The molecule has 0 aromatic heterocycles. The number of carbonyl (C=O) groups is 1. The van der Waals surface area contributed by atoms with Gasteiger partial charge in [0.25, 0.3) is 5.91 Å². The number of carbonyl (C=O) groups excluding carboxylic acids is 1. The third kappa shape index (κ3) is 7.50. The average Bonchev–Trinajstić information content (AvgIpc) is 2.78. The highest BCUT2D eigenvalue weighted by molar-refractivity contribution is 14.0. The molecule has 0 saturated carbocycles. The Morgan fingerprint density at radius 2 is 1.87 bits per heavy atom. The van der Waals surface area contributed by atoms with Crippen LogP contribution in [0.5, 0.6) is 0 Å². The van der Waals surface area contributed by atoms with E-state index < -0.39 is 0 Å². The number of amides is 1. The Kier molecular flexibility index (Phi) is 10.3. The number of hydrogen-bond donors (Lipinski definition) is 3. The predicted molar refractivity (Wildman–Crippen MR) is 138 cm³/mol. The Morgan fingerprint density at radius 3 is 2.55 bits per heavy atom. The van der Waals surface area contributed by atoms with Crippen molar-refractivity contribution in [3.63, 3.8) is 0 Å². The van der Waals surface area contributed by atoms with Crippen LogP contribution in [0.2, 0.25) is 0 Å². The number of benzene rings is 2. The van der Waals surface area contributed by atoms with E-state index in [1.54, 1.807) is 14.1 Å². The highest BCUT2D eigenvalue weighted by Crippen LogP contribution is 2.20. The minimum Gasteiger partial charge on any atom is -0.355 e. The molecular formula is C24H34IN5O. The molecular weight excluding hydrogens is 501 g/mol. The molecule has 168 valence electrons. The molecule has 2 aromatic carbocycles. The average molecular weight is 535 g/mol. The van der Waals surface area contributed by atoms with Crippen LogP contribution in [0.1, 0.15) is 41.3 Å². The van der Waals surface area contributed by atoms with E-state index in [9.17, 15) is 4.79 Å². The van der Waals surface area contributed by atoms with Crippen molar-refractivity contribution >= 4 is 35.8 Å². The minimum absolute atomic E-state index is 0. The van der Waals surface area contributed by atoms with Crippen molar-refractivity contribution in [2.24, 2.45) is 4.99 Å². The Hall–Kier alpha value is -2.13. The lowest BCUT2D eigenvalue weighted by Crippen LogP contribution is -2.51. The van der Waals surface area contributed by atoms with Crippen LogP contribution in [0.25, 0.3) is 0 Å². The number of likely N-dealkylation sites (tertiary alicyclic amines) is 1. The third-order valence-electron chi connectivity index (χ3n) is 5.68. The molecule has 7 heteroatoms. The first-order chi connectivity index (χ1) is 14.6. The first kappa shape index (κ1) is 25.1. The summed E-state index contributed by atoms with van der Waals surface area (Å²) < 4.78 is 0. The van der Waals surface area contributed by atoms with E-state index in [2.05, 4.69) is 63.1 Å². The number of halogens is 1. The van der Waals surface area contributed by atoms with Crippen LogP contribution in [0.4, 0.5) is 0 Å². The Morgan fingerprint density at radius 1 is 1.13 bits per heavy atom. The van der Waals surface area contributed by atoms with Gasteiger partial charge in [0.2, 0.25) is 0 Å². The summed E-state index contributed by atoms with van der Waals surface area (Å²) in [6, 6.07) is 19.2. The number of nitrogens with one attached hydrogen (secondary N) is 3. The van der Waals surface area contributed by atoms with Crippen molar-refractivity contribution in [1.29, 1.82) is 0 Å². The SMILES string of the molecule is CN=C(NCc1cccc(C(=O)NC)c1)NC1CCN(Cc2ccccc2)C(C)C1.I. The van der Waals surface area contributed by atoms with Gasteiger partial charge < -0.3 is 16.0 Å². The van der Waals surface area contributed by atoms with Gasteiger partial charge in [0.05, 0.1) is 0 Å². The smallest absolute Gasteiger partial charge is 0.251 e. The fourth-order valence-corrected chi connectivity index (χ4v) is 3.95. The molecule has 3 rings (SSSR count). The molecule has 1 aliphatic rings. The Labute approximate surface area is 202 Å². The molecule has 1 saturated heterocycles. The fraction of sp³-hybridized carbons (Fsp3) is 0.417. The second kappa shape index (κ2) is 12.7.